The molecule has 0 saturated carbocycles. The first kappa shape index (κ1) is 24.3. The van der Waals surface area contributed by atoms with E-state index in [1.807, 2.05) is 0 Å². The highest BCUT2D eigenvalue weighted by Gasteiger charge is 2.30. The average Bonchev–Trinajstić information content (AvgIpc) is 3.21. The van der Waals surface area contributed by atoms with E-state index in [2.05, 4.69) is 10.3 Å². The number of esters is 1. The van der Waals surface area contributed by atoms with E-state index in [0.717, 1.165) is 18.3 Å². The van der Waals surface area contributed by atoms with Crippen LogP contribution in [0.3, 0.4) is 0 Å². The van der Waals surface area contributed by atoms with Crippen molar-refractivity contribution < 1.29 is 32.4 Å². The number of nitro groups is 1. The van der Waals surface area contributed by atoms with Gasteiger partial charge in [-0.2, -0.15) is 4.31 Å². The number of hydrogen-bond acceptors (Lipinski definition) is 10. The minimum atomic E-state index is -4.03. The van der Waals surface area contributed by atoms with Crippen LogP contribution >= 0.6 is 34.5 Å². The lowest BCUT2D eigenvalue weighted by Gasteiger charge is -2.26. The first-order valence-corrected chi connectivity index (χ1v) is 11.7. The van der Waals surface area contributed by atoms with Crippen LogP contribution in [0.15, 0.2) is 23.2 Å². The topological polar surface area (TPSA) is 158 Å². The Morgan fingerprint density at radius 1 is 1.28 bits per heavy atom. The third-order valence-corrected chi connectivity index (χ3v) is 7.62. The lowest BCUT2D eigenvalue weighted by Crippen LogP contribution is -2.40. The van der Waals surface area contributed by atoms with Crippen molar-refractivity contribution in [2.24, 2.45) is 0 Å². The number of benzene rings is 1. The van der Waals surface area contributed by atoms with Gasteiger partial charge in [0.25, 0.3) is 5.91 Å². The van der Waals surface area contributed by atoms with Crippen LogP contribution in [-0.4, -0.2) is 67.4 Å². The van der Waals surface area contributed by atoms with Crippen molar-refractivity contribution in [3.63, 3.8) is 0 Å². The van der Waals surface area contributed by atoms with Gasteiger partial charge in [-0.15, -0.1) is 0 Å². The fraction of sp³-hybridized carbons (Fsp3) is 0.312. The maximum Gasteiger partial charge on any atom is 0.345 e. The zero-order valence-corrected chi connectivity index (χ0v) is 19.1. The van der Waals surface area contributed by atoms with Crippen LogP contribution in [0.5, 0.6) is 0 Å². The first-order chi connectivity index (χ1) is 15.1. The van der Waals surface area contributed by atoms with Gasteiger partial charge in [-0.3, -0.25) is 20.2 Å². The number of carbonyl (C=O) groups excluding carboxylic acids is 2. The molecule has 1 amide bonds. The standard InChI is InChI=1S/C16H14Cl2N4O8S2/c17-10-6-11(18)12(32(27,28)21-1-3-29-4-2-21)5-9(10)15(24)30-8-13(23)20-16-19-7-14(31-16)22(25)26/h5-7H,1-4,8H2,(H,19,20,23). The highest BCUT2D eigenvalue weighted by molar-refractivity contribution is 7.89. The number of carbonyl (C=O) groups is 2. The minimum absolute atomic E-state index is 0.0545. The van der Waals surface area contributed by atoms with Gasteiger partial charge in [0.05, 0.1) is 33.7 Å². The van der Waals surface area contributed by atoms with Gasteiger partial charge < -0.3 is 9.47 Å². The fourth-order valence-corrected chi connectivity index (χ4v) is 5.46. The monoisotopic (exact) mass is 524 g/mol. The number of morpholine rings is 1. The van der Waals surface area contributed by atoms with Crippen LogP contribution < -0.4 is 5.32 Å². The smallest absolute Gasteiger partial charge is 0.345 e. The Morgan fingerprint density at radius 3 is 2.59 bits per heavy atom. The van der Waals surface area contributed by atoms with Crippen molar-refractivity contribution in [3.05, 3.63) is 44.1 Å². The SMILES string of the molecule is O=C(COC(=O)c1cc(S(=O)(=O)N2CCOCC2)c(Cl)cc1Cl)Nc1ncc([N+](=O)[O-])s1. The van der Waals surface area contributed by atoms with Crippen molar-refractivity contribution in [1.29, 1.82) is 0 Å². The van der Waals surface area contributed by atoms with E-state index in [9.17, 15) is 28.1 Å². The highest BCUT2D eigenvalue weighted by atomic mass is 35.5. The van der Waals surface area contributed by atoms with Crippen molar-refractivity contribution in [2.75, 3.05) is 38.2 Å². The molecule has 1 aliphatic heterocycles. The second-order valence-electron chi connectivity index (χ2n) is 6.16. The van der Waals surface area contributed by atoms with E-state index in [1.165, 1.54) is 4.31 Å². The molecule has 0 unspecified atom stereocenters. The summed E-state index contributed by atoms with van der Waals surface area (Å²) in [6.07, 6.45) is 0.968. The number of hydrogen-bond donors (Lipinski definition) is 1. The van der Waals surface area contributed by atoms with Gasteiger partial charge in [-0.1, -0.05) is 23.2 Å². The molecule has 2 aromatic rings. The van der Waals surface area contributed by atoms with Crippen LogP contribution in [0, 0.1) is 10.1 Å². The predicted octanol–water partition coefficient (Wildman–Crippen LogP) is 2.17. The lowest BCUT2D eigenvalue weighted by atomic mass is 10.2. The van der Waals surface area contributed by atoms with Gasteiger partial charge in [0, 0.05) is 13.1 Å². The van der Waals surface area contributed by atoms with Gasteiger partial charge in [0.15, 0.2) is 11.7 Å². The number of halogens is 2. The van der Waals surface area contributed by atoms with E-state index in [0.29, 0.717) is 11.3 Å². The van der Waals surface area contributed by atoms with Gasteiger partial charge in [0.2, 0.25) is 10.0 Å². The molecule has 0 spiro atoms. The Hall–Kier alpha value is -2.36. The van der Waals surface area contributed by atoms with E-state index in [1.54, 1.807) is 0 Å². The second-order valence-corrected chi connectivity index (χ2v) is 9.89. The van der Waals surface area contributed by atoms with Gasteiger partial charge in [-0.05, 0) is 23.5 Å². The quantitative estimate of drug-likeness (QED) is 0.325. The third-order valence-electron chi connectivity index (χ3n) is 4.08. The molecule has 1 saturated heterocycles. The number of nitrogens with zero attached hydrogens (tertiary/aromatic N) is 3. The number of ether oxygens (including phenoxy) is 2. The molecule has 2 heterocycles. The molecule has 1 aliphatic rings. The summed E-state index contributed by atoms with van der Waals surface area (Å²) in [7, 11) is -4.03. The number of nitrogens with one attached hydrogen (secondary N) is 1. The molecule has 0 bridgehead atoms. The molecule has 1 aromatic carbocycles. The van der Waals surface area contributed by atoms with Gasteiger partial charge in [-0.25, -0.2) is 18.2 Å². The molecule has 0 aliphatic carbocycles. The minimum Gasteiger partial charge on any atom is -0.452 e. The molecule has 32 heavy (non-hydrogen) atoms. The van der Waals surface area contributed by atoms with Crippen LogP contribution in [0.1, 0.15) is 10.4 Å². The molecular formula is C16H14Cl2N4O8S2. The normalized spacial score (nSPS) is 14.7. The Bertz CT molecular complexity index is 1160. The summed E-state index contributed by atoms with van der Waals surface area (Å²) >= 11 is 12.7. The largest absolute Gasteiger partial charge is 0.452 e. The van der Waals surface area contributed by atoms with E-state index in [4.69, 9.17) is 32.7 Å². The molecule has 0 radical (unpaired) electrons. The molecule has 1 aromatic heterocycles. The number of amides is 1. The Labute approximate surface area is 195 Å². The molecule has 3 rings (SSSR count). The summed E-state index contributed by atoms with van der Waals surface area (Å²) in [5, 5.41) is 12.2. The Morgan fingerprint density at radius 2 is 1.97 bits per heavy atom. The summed E-state index contributed by atoms with van der Waals surface area (Å²) in [5.74, 6) is -1.88. The summed E-state index contributed by atoms with van der Waals surface area (Å²) < 4.78 is 37.0. The predicted molar refractivity (Wildman–Crippen MR) is 114 cm³/mol. The van der Waals surface area contributed by atoms with Crippen LogP contribution in [0.2, 0.25) is 10.0 Å². The molecule has 12 nitrogen and oxygen atoms in total. The Kier molecular flexibility index (Phi) is 7.63. The summed E-state index contributed by atoms with van der Waals surface area (Å²) in [6.45, 7) is -0.0869. The second kappa shape index (κ2) is 10.1. The van der Waals surface area contributed by atoms with E-state index < -0.39 is 33.4 Å². The molecule has 16 heteroatoms. The third kappa shape index (κ3) is 5.51. The zero-order chi connectivity index (χ0) is 23.5. The van der Waals surface area contributed by atoms with Crippen molar-refractivity contribution >= 4 is 66.6 Å². The van der Waals surface area contributed by atoms with Crippen molar-refractivity contribution in [1.82, 2.24) is 9.29 Å². The van der Waals surface area contributed by atoms with Crippen LogP contribution in [0.25, 0.3) is 0 Å². The highest BCUT2D eigenvalue weighted by Crippen LogP contribution is 2.31. The van der Waals surface area contributed by atoms with E-state index in [-0.39, 0.29) is 56.9 Å². The number of aromatic nitrogens is 1. The van der Waals surface area contributed by atoms with E-state index >= 15 is 0 Å². The van der Waals surface area contributed by atoms with Crippen LogP contribution in [0.4, 0.5) is 10.1 Å². The first-order valence-electron chi connectivity index (χ1n) is 8.73. The zero-order valence-electron chi connectivity index (χ0n) is 15.9. The van der Waals surface area contributed by atoms with Crippen molar-refractivity contribution in [3.8, 4) is 0 Å². The molecule has 172 valence electrons. The Balaban J connectivity index is 1.71. The number of thiazole rings is 1. The van der Waals surface area contributed by atoms with Crippen molar-refractivity contribution in [2.45, 2.75) is 4.90 Å². The van der Waals surface area contributed by atoms with Crippen LogP contribution in [-0.2, 0) is 24.3 Å². The number of anilines is 1. The molecule has 1 fully saturated rings. The lowest BCUT2D eigenvalue weighted by molar-refractivity contribution is -0.380. The summed E-state index contributed by atoms with van der Waals surface area (Å²) in [6, 6.07) is 2.09. The summed E-state index contributed by atoms with van der Waals surface area (Å²) in [5.41, 5.74) is -0.305. The fourth-order valence-electron chi connectivity index (χ4n) is 2.58. The number of sulfonamides is 1. The van der Waals surface area contributed by atoms with Gasteiger partial charge >= 0.3 is 11.0 Å². The average molecular weight is 525 g/mol. The molecule has 0 atom stereocenters. The maximum atomic E-state index is 12.9. The molecular weight excluding hydrogens is 511 g/mol. The number of rotatable bonds is 7. The maximum absolute atomic E-state index is 12.9. The van der Waals surface area contributed by atoms with Gasteiger partial charge in [0.1, 0.15) is 11.1 Å². The molecule has 1 N–H and O–H groups in total. The summed E-state index contributed by atoms with van der Waals surface area (Å²) in [4.78, 5) is 37.7.